The molecule has 0 saturated heterocycles. The first-order valence-corrected chi connectivity index (χ1v) is 50.6. The fourth-order valence-corrected chi connectivity index (χ4v) is 31.6. The van der Waals surface area contributed by atoms with Gasteiger partial charge >= 0.3 is 0 Å². The first-order valence-electron chi connectivity index (χ1n) is 46.6. The third-order valence-electron chi connectivity index (χ3n) is 30.7. The zero-order valence-corrected chi connectivity index (χ0v) is 76.9. The molecule has 4 spiro atoms. The molecule has 30 rings (SSSR count). The average Bonchev–Trinajstić information content (AvgIpc) is 1.54. The molecule has 22 aromatic rings. The van der Waals surface area contributed by atoms with Crippen molar-refractivity contribution < 1.29 is 0 Å². The van der Waals surface area contributed by atoms with Crippen LogP contribution in [0.25, 0.3) is 97.7 Å². The summed E-state index contributed by atoms with van der Waals surface area (Å²) in [7, 11) is 0. The van der Waals surface area contributed by atoms with E-state index in [4.69, 9.17) is 0 Å². The van der Waals surface area contributed by atoms with E-state index in [2.05, 4.69) is 471 Å². The van der Waals surface area contributed by atoms with Crippen molar-refractivity contribution in [1.29, 1.82) is 0 Å². The Kier molecular flexibility index (Phi) is 16.4. The van der Waals surface area contributed by atoms with Crippen molar-refractivity contribution in [2.45, 2.75) is 60.8 Å². The van der Waals surface area contributed by atoms with E-state index in [1.54, 1.807) is 0 Å². The summed E-state index contributed by atoms with van der Waals surface area (Å²) < 4.78 is 2.60. The molecule has 2 nitrogen and oxygen atoms in total. The van der Waals surface area contributed by atoms with Crippen molar-refractivity contribution in [2.24, 2.45) is 0 Å². The summed E-state index contributed by atoms with van der Waals surface area (Å²) in [6.07, 6.45) is 0. The smallest absolute Gasteiger partial charge is 0.0736 e. The van der Waals surface area contributed by atoms with Crippen molar-refractivity contribution in [2.75, 3.05) is 9.80 Å². The molecule has 1 aromatic heterocycles. The molecular weight excluding hydrogens is 1730 g/mol. The summed E-state index contributed by atoms with van der Waals surface area (Å²) in [6, 6.07) is 178. The van der Waals surface area contributed by atoms with Crippen molar-refractivity contribution in [1.82, 2.24) is 0 Å². The van der Waals surface area contributed by atoms with Crippen LogP contribution in [0.2, 0.25) is 0 Å². The Morgan fingerprint density at radius 2 is 0.444 bits per heavy atom. The molecule has 0 fully saturated rings. The van der Waals surface area contributed by atoms with E-state index in [1.165, 1.54) is 220 Å². The molecule has 0 bridgehead atoms. The highest BCUT2D eigenvalue weighted by atomic mass is 32.2. The number of rotatable bonds is 8. The van der Waals surface area contributed by atoms with Gasteiger partial charge in [-0.3, -0.25) is 0 Å². The Labute approximate surface area is 804 Å². The zero-order chi connectivity index (χ0) is 88.1. The number of benzene rings is 21. The second-order valence-corrected chi connectivity index (χ2v) is 42.3. The second kappa shape index (κ2) is 28.8. The van der Waals surface area contributed by atoms with Gasteiger partial charge in [0.2, 0.25) is 0 Å². The second-order valence-electron chi connectivity index (χ2n) is 36.9. The molecule has 4 aliphatic heterocycles. The third kappa shape index (κ3) is 10.3. The molecule has 135 heavy (non-hydrogen) atoms. The van der Waals surface area contributed by atoms with E-state index in [1.807, 2.05) is 58.4 Å². The summed E-state index contributed by atoms with van der Waals surface area (Å²) in [5.41, 5.74) is 39.5. The van der Waals surface area contributed by atoms with Crippen molar-refractivity contribution in [3.8, 4) is 66.8 Å². The van der Waals surface area contributed by atoms with Crippen LogP contribution in [0.3, 0.4) is 0 Å². The Morgan fingerprint density at radius 1 is 0.156 bits per heavy atom. The van der Waals surface area contributed by atoms with E-state index >= 15 is 0 Å². The van der Waals surface area contributed by atoms with Crippen molar-refractivity contribution >= 4 is 123 Å². The normalized spacial score (nSPS) is 15.5. The molecule has 1 unspecified atom stereocenters. The van der Waals surface area contributed by atoms with Crippen LogP contribution in [0, 0.1) is 0 Å². The van der Waals surface area contributed by atoms with Gasteiger partial charge in [-0.15, -0.1) is 11.3 Å². The lowest BCUT2D eigenvalue weighted by atomic mass is 9.67. The maximum absolute atomic E-state index is 2.63. The van der Waals surface area contributed by atoms with Crippen molar-refractivity contribution in [3.63, 3.8) is 0 Å². The fraction of sp³-hybridized carbons (Fsp3) is 0.0312. The van der Waals surface area contributed by atoms with Gasteiger partial charge in [0, 0.05) is 93.2 Å². The van der Waals surface area contributed by atoms with E-state index in [0.29, 0.717) is 0 Å². The van der Waals surface area contributed by atoms with E-state index in [-0.39, 0.29) is 0 Å². The minimum absolute atomic E-state index is 0.592. The molecule has 0 radical (unpaired) electrons. The van der Waals surface area contributed by atoms with Gasteiger partial charge in [-0.25, -0.2) is 0 Å². The Bertz CT molecular complexity index is 8630. The molecule has 0 N–H and O–H groups in total. The van der Waals surface area contributed by atoms with Gasteiger partial charge < -0.3 is 9.80 Å². The molecule has 0 saturated carbocycles. The van der Waals surface area contributed by atoms with Gasteiger partial charge in [-0.05, 0) is 282 Å². The average molecular weight is 1800 g/mol. The fourth-order valence-electron chi connectivity index (χ4n) is 25.5. The highest BCUT2D eigenvalue weighted by Crippen LogP contribution is 2.70. The van der Waals surface area contributed by atoms with Gasteiger partial charge in [-0.2, -0.15) is 0 Å². The molecule has 5 heterocycles. The zero-order valence-electron chi connectivity index (χ0n) is 72.8. The molecule has 628 valence electrons. The minimum Gasteiger partial charge on any atom is -0.310 e. The van der Waals surface area contributed by atoms with Gasteiger partial charge in [0.1, 0.15) is 0 Å². The predicted molar refractivity (Wildman–Crippen MR) is 563 cm³/mol. The van der Waals surface area contributed by atoms with Crippen LogP contribution in [0.4, 0.5) is 34.1 Å². The van der Waals surface area contributed by atoms with Gasteiger partial charge in [-0.1, -0.05) is 387 Å². The summed E-state index contributed by atoms with van der Waals surface area (Å²) in [5.74, 6) is 0. The molecule has 1 atom stereocenters. The number of fused-ring (bicyclic) bond motifs is 40. The molecule has 4 aliphatic carbocycles. The van der Waals surface area contributed by atoms with Gasteiger partial charge in [0.15, 0.2) is 0 Å². The number of hydrogen-bond acceptors (Lipinski definition) is 7. The first-order chi connectivity index (χ1) is 66.9. The van der Waals surface area contributed by atoms with Crippen LogP contribution in [0.5, 0.6) is 0 Å². The summed E-state index contributed by atoms with van der Waals surface area (Å²) in [4.78, 5) is 15.4. The van der Waals surface area contributed by atoms with E-state index in [9.17, 15) is 0 Å². The predicted octanol–water partition coefficient (Wildman–Crippen LogP) is 34.8. The number of nitrogens with zero attached hydrogens (tertiary/aromatic N) is 2. The Balaban J connectivity index is 0.625. The van der Waals surface area contributed by atoms with E-state index < -0.39 is 21.7 Å². The quantitative estimate of drug-likeness (QED) is 0.149. The highest BCUT2D eigenvalue weighted by Gasteiger charge is 2.56. The number of anilines is 6. The molecule has 21 aromatic carbocycles. The van der Waals surface area contributed by atoms with Crippen molar-refractivity contribution in [3.05, 3.63) is 550 Å². The lowest BCUT2D eigenvalue weighted by molar-refractivity contribution is 0.721. The summed E-state index contributed by atoms with van der Waals surface area (Å²) in [5, 5.41) is 4.93. The molecular formula is C128H76N2S5. The van der Waals surface area contributed by atoms with E-state index in [0.717, 1.165) is 39.5 Å². The summed E-state index contributed by atoms with van der Waals surface area (Å²) in [6.45, 7) is 0. The van der Waals surface area contributed by atoms with Crippen LogP contribution < -0.4 is 9.80 Å². The Morgan fingerprint density at radius 3 is 0.874 bits per heavy atom. The topological polar surface area (TPSA) is 6.48 Å². The third-order valence-corrected chi connectivity index (χ3v) is 36.6. The van der Waals surface area contributed by atoms with Crippen LogP contribution in [0.15, 0.2) is 500 Å². The standard InChI is InChI=1S/C128H76N2S5/c1-6-37-98-86(28-1)90-68-63-80(73-110(90)125(98)102-41-10-18-51-116(102)132-117-52-19-11-42-103(117)125)129(79-61-58-77(59-62-79)78-60-67-96-95-32-5-17-50-115(95)131-123(96)72-78)81-64-69-93-89-31-4-9-40-101(89)128(113(93)74-81)108-47-16-24-57-122(108)135-124-97(36-26-48-109(124)128)85-33-25-35-94-84(85)34-27-49-114(94)130(82-65-70-91-87-29-2-7-38-99(87)126(111(91)75-82)104-43-12-20-53-118(104)133-119-54-21-13-44-105(119)126)83-66-71-92-88-30-3-8-39-100(88)127(112(92)76-83)106-45-14-22-55-120(106)134-121-56-23-15-46-107(121)127/h1-76H. The van der Waals surface area contributed by atoms with Crippen LogP contribution >= 0.6 is 58.4 Å². The lowest BCUT2D eigenvalue weighted by Gasteiger charge is -2.41. The SMILES string of the molecule is c1ccc2c(c1)Sc1ccccc1C21c2ccccc2-c2ccc(N(c3ccc(-c4ccc5c(c4)sc4ccccc45)cc3)c3ccc4c(c3)C3(c5ccccc5Sc5c(-c6cccc7c(N(c8ccc9c(c8)C8(c%10ccccc%10Sc%10ccccc%108)c8ccccc8-9)c8ccc9c(c8)C8(c%10ccccc%10Sc%10ccccc%108)c8ccccc8-9)cccc67)cccc53)c3ccccc3-4)cc21. The van der Waals surface area contributed by atoms with Gasteiger partial charge in [0.25, 0.3) is 0 Å². The highest BCUT2D eigenvalue weighted by molar-refractivity contribution is 8.00. The maximum Gasteiger partial charge on any atom is 0.0736 e. The molecule has 0 amide bonds. The summed E-state index contributed by atoms with van der Waals surface area (Å²) >= 11 is 9.49. The molecule has 8 aliphatic rings. The maximum atomic E-state index is 2.63. The minimum atomic E-state index is -0.773. The largest absolute Gasteiger partial charge is 0.310 e. The number of hydrogen-bond donors (Lipinski definition) is 0. The lowest BCUT2D eigenvalue weighted by Crippen LogP contribution is -2.32. The van der Waals surface area contributed by atoms with Gasteiger partial charge in [0.05, 0.1) is 27.3 Å². The monoisotopic (exact) mass is 1800 g/mol. The first kappa shape index (κ1) is 76.6. The number of thiophene rings is 1. The van der Waals surface area contributed by atoms with Crippen LogP contribution in [0.1, 0.15) is 89.0 Å². The van der Waals surface area contributed by atoms with Crippen LogP contribution in [-0.2, 0) is 21.7 Å². The Hall–Kier alpha value is -14.9. The van der Waals surface area contributed by atoms with Crippen LogP contribution in [-0.4, -0.2) is 0 Å². The molecule has 7 heteroatoms.